The summed E-state index contributed by atoms with van der Waals surface area (Å²) >= 11 is 6.12. The van der Waals surface area contributed by atoms with Gasteiger partial charge in [0.05, 0.1) is 23.2 Å². The second kappa shape index (κ2) is 9.48. The van der Waals surface area contributed by atoms with Gasteiger partial charge in [0.1, 0.15) is 10.7 Å². The Morgan fingerprint density at radius 2 is 1.56 bits per heavy atom. The van der Waals surface area contributed by atoms with Gasteiger partial charge in [-0.3, -0.25) is 4.79 Å². The van der Waals surface area contributed by atoms with Crippen LogP contribution in [0.15, 0.2) is 83.8 Å². The molecule has 0 aliphatic rings. The highest BCUT2D eigenvalue weighted by Crippen LogP contribution is 2.30. The summed E-state index contributed by atoms with van der Waals surface area (Å²) in [6, 6.07) is 21.5. The third-order valence-corrected chi connectivity index (χ3v) is 5.94. The summed E-state index contributed by atoms with van der Waals surface area (Å²) in [7, 11) is -2.51. The molecule has 0 radical (unpaired) electrons. The Bertz CT molecular complexity index is 1390. The summed E-state index contributed by atoms with van der Waals surface area (Å²) in [4.78, 5) is 13.6. The van der Waals surface area contributed by atoms with E-state index >= 15 is 0 Å². The summed E-state index contributed by atoms with van der Waals surface area (Å²) < 4.78 is 23.4. The summed E-state index contributed by atoms with van der Waals surface area (Å²) in [5.74, 6) is -0.0301. The first-order chi connectivity index (χ1) is 15.5. The molecule has 4 aromatic rings. The van der Waals surface area contributed by atoms with Gasteiger partial charge in [-0.25, -0.2) is 8.42 Å². The van der Waals surface area contributed by atoms with Gasteiger partial charge in [-0.1, -0.05) is 66.2 Å². The first-order valence-electron chi connectivity index (χ1n) is 9.85. The maximum atomic E-state index is 13.6. The van der Waals surface area contributed by atoms with Gasteiger partial charge in [-0.2, -0.15) is 9.78 Å². The van der Waals surface area contributed by atoms with Gasteiger partial charge in [0, 0.05) is 17.1 Å². The molecule has 0 amide bonds. The third kappa shape index (κ3) is 4.65. The highest BCUT2D eigenvalue weighted by Gasteiger charge is 2.16. The number of halogens is 1. The van der Waals surface area contributed by atoms with Gasteiger partial charge in [0.2, 0.25) is 0 Å². The number of aromatic nitrogens is 2. The molecule has 6 nitrogen and oxygen atoms in total. The standard InChI is InChI=1S/C24H20ClN3O3S/c25-20-2-1-3-21(12-20)28-24(29)23(19-10-4-16(13-26)5-11-19)22(14-27-28)18-8-6-17(7-9-18)15-32(30)31/h1-12,14,32H,13,15,26H2. The number of benzene rings is 3. The number of nitrogens with two attached hydrogens (primary N) is 1. The minimum Gasteiger partial charge on any atom is -0.326 e. The van der Waals surface area contributed by atoms with Crippen molar-refractivity contribution in [3.05, 3.63) is 105 Å². The average molecular weight is 466 g/mol. The van der Waals surface area contributed by atoms with Crippen molar-refractivity contribution in [2.45, 2.75) is 12.3 Å². The van der Waals surface area contributed by atoms with E-state index in [-0.39, 0.29) is 11.3 Å². The van der Waals surface area contributed by atoms with E-state index in [1.807, 2.05) is 24.3 Å². The Kier molecular flexibility index (Phi) is 6.50. The number of thiol groups is 1. The van der Waals surface area contributed by atoms with Crippen molar-refractivity contribution in [2.24, 2.45) is 5.73 Å². The average Bonchev–Trinajstić information content (AvgIpc) is 2.79. The zero-order chi connectivity index (χ0) is 22.7. The minimum atomic E-state index is -2.51. The van der Waals surface area contributed by atoms with Crippen molar-refractivity contribution in [3.63, 3.8) is 0 Å². The molecule has 0 aliphatic heterocycles. The van der Waals surface area contributed by atoms with Crippen LogP contribution in [0.5, 0.6) is 0 Å². The number of hydrogen-bond acceptors (Lipinski definition) is 5. The van der Waals surface area contributed by atoms with Gasteiger partial charge in [0.25, 0.3) is 5.56 Å². The van der Waals surface area contributed by atoms with Crippen LogP contribution in [0, 0.1) is 0 Å². The van der Waals surface area contributed by atoms with E-state index in [2.05, 4.69) is 5.10 Å². The molecule has 2 N–H and O–H groups in total. The molecule has 0 saturated carbocycles. The highest BCUT2D eigenvalue weighted by molar-refractivity contribution is 7.71. The Hall–Kier alpha value is -3.26. The van der Waals surface area contributed by atoms with Gasteiger partial charge >= 0.3 is 0 Å². The molecular formula is C24H20ClN3O3S. The second-order valence-electron chi connectivity index (χ2n) is 7.22. The quantitative estimate of drug-likeness (QED) is 0.422. The lowest BCUT2D eigenvalue weighted by molar-refractivity contribution is 0.614. The molecule has 32 heavy (non-hydrogen) atoms. The largest absolute Gasteiger partial charge is 0.326 e. The van der Waals surface area contributed by atoms with E-state index in [0.29, 0.717) is 33.9 Å². The molecule has 4 rings (SSSR count). The summed E-state index contributed by atoms with van der Waals surface area (Å²) in [6.45, 7) is 0.402. The predicted molar refractivity (Wildman–Crippen MR) is 128 cm³/mol. The Labute approximate surface area is 191 Å². The summed E-state index contributed by atoms with van der Waals surface area (Å²) in [5, 5.41) is 4.89. The Morgan fingerprint density at radius 1 is 0.906 bits per heavy atom. The lowest BCUT2D eigenvalue weighted by atomic mass is 9.96. The lowest BCUT2D eigenvalue weighted by Gasteiger charge is -2.13. The van der Waals surface area contributed by atoms with Crippen LogP contribution in [0.4, 0.5) is 0 Å². The zero-order valence-electron chi connectivity index (χ0n) is 16.9. The summed E-state index contributed by atoms with van der Waals surface area (Å²) in [5.41, 5.74) is 10.2. The smallest absolute Gasteiger partial charge is 0.279 e. The van der Waals surface area contributed by atoms with Gasteiger partial charge in [-0.05, 0) is 40.5 Å². The molecule has 0 atom stereocenters. The zero-order valence-corrected chi connectivity index (χ0v) is 18.6. The molecular weight excluding hydrogens is 446 g/mol. The van der Waals surface area contributed by atoms with Gasteiger partial charge < -0.3 is 5.73 Å². The fourth-order valence-corrected chi connectivity index (χ4v) is 4.18. The molecule has 0 saturated heterocycles. The van der Waals surface area contributed by atoms with Gasteiger partial charge in [0.15, 0.2) is 0 Å². The molecule has 0 fully saturated rings. The lowest BCUT2D eigenvalue weighted by Crippen LogP contribution is -2.23. The third-order valence-electron chi connectivity index (χ3n) is 5.09. The minimum absolute atomic E-state index is 0.0301. The maximum Gasteiger partial charge on any atom is 0.279 e. The maximum absolute atomic E-state index is 13.6. The van der Waals surface area contributed by atoms with Crippen molar-refractivity contribution in [3.8, 4) is 27.9 Å². The fraction of sp³-hybridized carbons (Fsp3) is 0.0833. The van der Waals surface area contributed by atoms with Crippen LogP contribution in [0.3, 0.4) is 0 Å². The highest BCUT2D eigenvalue weighted by atomic mass is 35.5. The Balaban J connectivity index is 1.91. The Morgan fingerprint density at radius 3 is 2.19 bits per heavy atom. The normalized spacial score (nSPS) is 11.1. The first kappa shape index (κ1) is 22.0. The molecule has 0 spiro atoms. The van der Waals surface area contributed by atoms with Crippen molar-refractivity contribution >= 4 is 22.3 Å². The summed E-state index contributed by atoms with van der Waals surface area (Å²) in [6.07, 6.45) is 1.64. The predicted octanol–water partition coefficient (Wildman–Crippen LogP) is 3.79. The van der Waals surface area contributed by atoms with Crippen molar-refractivity contribution in [1.82, 2.24) is 9.78 Å². The molecule has 0 bridgehead atoms. The monoisotopic (exact) mass is 465 g/mol. The van der Waals surface area contributed by atoms with E-state index < -0.39 is 10.7 Å². The van der Waals surface area contributed by atoms with E-state index in [0.717, 1.165) is 16.7 Å². The number of hydrogen-bond donors (Lipinski definition) is 2. The van der Waals surface area contributed by atoms with Gasteiger partial charge in [-0.15, -0.1) is 0 Å². The van der Waals surface area contributed by atoms with Crippen LogP contribution in [0.2, 0.25) is 5.02 Å². The molecule has 1 aromatic heterocycles. The van der Waals surface area contributed by atoms with Crippen LogP contribution in [0.1, 0.15) is 11.1 Å². The van der Waals surface area contributed by atoms with E-state index in [1.54, 1.807) is 54.7 Å². The van der Waals surface area contributed by atoms with Crippen LogP contribution >= 0.6 is 11.6 Å². The number of nitrogens with zero attached hydrogens (tertiary/aromatic N) is 2. The van der Waals surface area contributed by atoms with Crippen LogP contribution in [0.25, 0.3) is 27.9 Å². The van der Waals surface area contributed by atoms with E-state index in [1.165, 1.54) is 4.68 Å². The molecule has 1 heterocycles. The van der Waals surface area contributed by atoms with Crippen molar-refractivity contribution in [2.75, 3.05) is 0 Å². The van der Waals surface area contributed by atoms with Crippen LogP contribution in [-0.2, 0) is 23.0 Å². The molecule has 0 unspecified atom stereocenters. The topological polar surface area (TPSA) is 95.1 Å². The SMILES string of the molecule is NCc1ccc(-c2c(-c3ccc(C[SH](=O)=O)cc3)cnn(-c3cccc(Cl)c3)c2=O)cc1. The molecule has 0 aliphatic carbocycles. The van der Waals surface area contributed by atoms with Crippen LogP contribution < -0.4 is 11.3 Å². The molecule has 162 valence electrons. The first-order valence-corrected chi connectivity index (χ1v) is 11.6. The molecule has 3 aromatic carbocycles. The van der Waals surface area contributed by atoms with Crippen molar-refractivity contribution in [1.29, 1.82) is 0 Å². The van der Waals surface area contributed by atoms with E-state index in [9.17, 15) is 13.2 Å². The number of rotatable bonds is 6. The van der Waals surface area contributed by atoms with Crippen LogP contribution in [-0.4, -0.2) is 18.2 Å². The van der Waals surface area contributed by atoms with Crippen molar-refractivity contribution < 1.29 is 8.42 Å². The molecule has 8 heteroatoms. The second-order valence-corrected chi connectivity index (χ2v) is 8.64. The fourth-order valence-electron chi connectivity index (χ4n) is 3.49. The van der Waals surface area contributed by atoms with E-state index in [4.69, 9.17) is 17.3 Å².